The molecule has 58 heavy (non-hydrogen) atoms. The Labute approximate surface area is 349 Å². The van der Waals surface area contributed by atoms with Gasteiger partial charge in [0.15, 0.2) is 0 Å². The Bertz CT molecular complexity index is 1650. The van der Waals surface area contributed by atoms with Crippen LogP contribution in [0.2, 0.25) is 0 Å². The highest BCUT2D eigenvalue weighted by molar-refractivity contribution is 7.09. The molecule has 0 unspecified atom stereocenters. The summed E-state index contributed by atoms with van der Waals surface area (Å²) in [5, 5.41) is 33.5. The molecule has 0 bridgehead atoms. The lowest BCUT2D eigenvalue weighted by atomic mass is 9.92. The first kappa shape index (κ1) is 48.2. The summed E-state index contributed by atoms with van der Waals surface area (Å²) in [5.74, 6) is -0.259. The monoisotopic (exact) mass is 824 g/mol. The molecule has 0 radical (unpaired) electrons. The minimum Gasteiger partial charge on any atom is -0.513 e. The second kappa shape index (κ2) is 24.7. The van der Waals surface area contributed by atoms with E-state index in [9.17, 15) is 24.6 Å². The predicted octanol–water partition coefficient (Wildman–Crippen LogP) is 7.75. The van der Waals surface area contributed by atoms with E-state index in [2.05, 4.69) is 37.1 Å². The maximum atomic E-state index is 14.5. The Hall–Kier alpha value is -4.17. The molecule has 15 heteroatoms. The summed E-state index contributed by atoms with van der Waals surface area (Å²) in [5.41, 5.74) is 9.56. The van der Waals surface area contributed by atoms with Crippen molar-refractivity contribution < 1.29 is 29.3 Å². The SMILES string of the molecule is C=C(O)[C@@H](C)C[C@H](Cc1ccc(OCCCCN=[N+]=[N-])cc1)NC(=O)c1csc([C@H](O)C[C@H](C(C)C)N(CCC)C(=O)[C@@H](NC(=O)[C@H]2CCCCN2C)[C@@H](C)CC)n1. The van der Waals surface area contributed by atoms with E-state index in [-0.39, 0.29) is 65.6 Å². The lowest BCUT2D eigenvalue weighted by molar-refractivity contribution is -0.142. The quantitative estimate of drug-likeness (QED) is 0.0257. The molecule has 1 aromatic carbocycles. The van der Waals surface area contributed by atoms with Crippen molar-refractivity contribution in [2.45, 2.75) is 136 Å². The average Bonchev–Trinajstić information content (AvgIpc) is 3.70. The Morgan fingerprint density at radius 3 is 2.47 bits per heavy atom. The van der Waals surface area contributed by atoms with E-state index < -0.39 is 18.1 Å². The van der Waals surface area contributed by atoms with Gasteiger partial charge in [0, 0.05) is 47.8 Å². The van der Waals surface area contributed by atoms with Crippen LogP contribution in [-0.2, 0) is 16.0 Å². The highest BCUT2D eigenvalue weighted by Gasteiger charge is 2.37. The zero-order chi connectivity index (χ0) is 42.8. The fourth-order valence-electron chi connectivity index (χ4n) is 7.37. The normalized spacial score (nSPS) is 17.6. The maximum absolute atomic E-state index is 14.5. The van der Waals surface area contributed by atoms with Crippen molar-refractivity contribution in [1.29, 1.82) is 0 Å². The molecule has 1 aliphatic rings. The molecule has 3 rings (SSSR count). The number of thiazole rings is 1. The van der Waals surface area contributed by atoms with Crippen LogP contribution in [0.15, 0.2) is 47.1 Å². The average molecular weight is 825 g/mol. The second-order valence-corrected chi connectivity index (χ2v) is 17.1. The molecule has 2 aromatic rings. The highest BCUT2D eigenvalue weighted by atomic mass is 32.1. The number of carbonyl (C=O) groups excluding carboxylic acids is 3. The number of azide groups is 1. The van der Waals surface area contributed by atoms with Crippen LogP contribution in [0.5, 0.6) is 5.75 Å². The molecule has 1 fully saturated rings. The second-order valence-electron chi connectivity index (χ2n) is 16.2. The van der Waals surface area contributed by atoms with Crippen molar-refractivity contribution in [3.05, 3.63) is 68.7 Å². The molecule has 14 nitrogen and oxygen atoms in total. The van der Waals surface area contributed by atoms with E-state index in [1.165, 1.54) is 11.3 Å². The molecule has 0 saturated carbocycles. The number of nitrogens with zero attached hydrogens (tertiary/aromatic N) is 6. The molecule has 2 heterocycles. The molecular formula is C43H68N8O6S. The van der Waals surface area contributed by atoms with Gasteiger partial charge in [0.1, 0.15) is 28.6 Å². The summed E-state index contributed by atoms with van der Waals surface area (Å²) in [7, 11) is 1.96. The van der Waals surface area contributed by atoms with Gasteiger partial charge in [0.2, 0.25) is 11.8 Å². The number of aliphatic hydroxyl groups is 2. The fraction of sp³-hybridized carbons (Fsp3) is 0.674. The first-order valence-electron chi connectivity index (χ1n) is 21.1. The number of ether oxygens (including phenoxy) is 1. The number of rotatable bonds is 25. The third kappa shape index (κ3) is 14.9. The maximum Gasteiger partial charge on any atom is 0.270 e. The molecule has 4 N–H and O–H groups in total. The Morgan fingerprint density at radius 2 is 1.84 bits per heavy atom. The number of piperidine rings is 1. The van der Waals surface area contributed by atoms with E-state index >= 15 is 0 Å². The number of nitrogens with one attached hydrogen (secondary N) is 2. The van der Waals surface area contributed by atoms with Gasteiger partial charge in [-0.2, -0.15) is 0 Å². The molecule has 1 aromatic heterocycles. The van der Waals surface area contributed by atoms with Crippen molar-refractivity contribution >= 4 is 29.1 Å². The minimum atomic E-state index is -1.03. The number of aliphatic hydroxyl groups excluding tert-OH is 2. The van der Waals surface area contributed by atoms with Crippen LogP contribution < -0.4 is 15.4 Å². The summed E-state index contributed by atoms with van der Waals surface area (Å²) in [6.45, 7) is 17.9. The van der Waals surface area contributed by atoms with E-state index in [0.29, 0.717) is 49.7 Å². The lowest BCUT2D eigenvalue weighted by Gasteiger charge is -2.39. The van der Waals surface area contributed by atoms with Gasteiger partial charge in [-0.05, 0) is 93.6 Å². The van der Waals surface area contributed by atoms with Crippen LogP contribution in [0.1, 0.15) is 126 Å². The largest absolute Gasteiger partial charge is 0.513 e. The Balaban J connectivity index is 1.72. The fourth-order valence-corrected chi connectivity index (χ4v) is 8.17. The smallest absolute Gasteiger partial charge is 0.270 e. The van der Waals surface area contributed by atoms with Gasteiger partial charge in [0.05, 0.1) is 18.4 Å². The first-order chi connectivity index (χ1) is 27.7. The third-order valence-electron chi connectivity index (χ3n) is 11.2. The topological polar surface area (TPSA) is 193 Å². The summed E-state index contributed by atoms with van der Waals surface area (Å²) < 4.78 is 5.81. The summed E-state index contributed by atoms with van der Waals surface area (Å²) in [6.07, 6.45) is 5.86. The number of allylic oxidation sites excluding steroid dienone is 1. The summed E-state index contributed by atoms with van der Waals surface area (Å²) >= 11 is 1.20. The number of benzene rings is 1. The van der Waals surface area contributed by atoms with Gasteiger partial charge in [0.25, 0.3) is 5.91 Å². The van der Waals surface area contributed by atoms with Crippen molar-refractivity contribution in [3.63, 3.8) is 0 Å². The molecule has 1 aliphatic heterocycles. The standard InChI is InChI=1S/C43H68N8O6S/c1-9-21-51(43(56)39(29(5)10-2)48-41(55)36-15-11-13-22-50(36)8)37(28(3)4)26-38(53)42-47-35(27-58-42)40(54)46-33(24-30(6)31(7)52)25-32-16-18-34(19-17-32)57-23-14-12-20-45-49-44/h16-19,27-30,33,36-39,52-53H,7,9-15,20-26H2,1-6,8H3,(H,46,54)(H,48,55)/t29-,30-,33+,36+,37+,38+,39-/m0/s1. The van der Waals surface area contributed by atoms with Gasteiger partial charge < -0.3 is 30.5 Å². The van der Waals surface area contributed by atoms with Crippen LogP contribution in [0.3, 0.4) is 0 Å². The Kier molecular flexibility index (Phi) is 20.5. The molecule has 0 spiro atoms. The molecule has 322 valence electrons. The van der Waals surface area contributed by atoms with Crippen LogP contribution in [0.4, 0.5) is 0 Å². The van der Waals surface area contributed by atoms with Crippen LogP contribution >= 0.6 is 11.3 Å². The van der Waals surface area contributed by atoms with Crippen LogP contribution in [0, 0.1) is 17.8 Å². The number of amides is 3. The zero-order valence-corrected chi connectivity index (χ0v) is 36.5. The number of hydrogen-bond acceptors (Lipinski definition) is 10. The van der Waals surface area contributed by atoms with Crippen molar-refractivity contribution in [2.75, 3.05) is 33.3 Å². The van der Waals surface area contributed by atoms with E-state index in [1.54, 1.807) is 5.38 Å². The zero-order valence-electron chi connectivity index (χ0n) is 35.7. The molecule has 3 amide bonds. The van der Waals surface area contributed by atoms with E-state index in [1.807, 2.05) is 77.8 Å². The van der Waals surface area contributed by atoms with Gasteiger partial charge in [-0.25, -0.2) is 4.98 Å². The number of unbranched alkanes of at least 4 members (excludes halogenated alkanes) is 1. The van der Waals surface area contributed by atoms with Gasteiger partial charge in [-0.1, -0.05) is 78.2 Å². The van der Waals surface area contributed by atoms with Crippen LogP contribution in [0.25, 0.3) is 10.4 Å². The summed E-state index contributed by atoms with van der Waals surface area (Å²) in [4.78, 5) is 52.9. The van der Waals surface area contributed by atoms with Gasteiger partial charge in [-0.3, -0.25) is 19.3 Å². The van der Waals surface area contributed by atoms with Crippen LogP contribution in [-0.4, -0.2) is 100 Å². The predicted molar refractivity (Wildman–Crippen MR) is 230 cm³/mol. The first-order valence-corrected chi connectivity index (χ1v) is 21.9. The lowest BCUT2D eigenvalue weighted by Crippen LogP contribution is -2.58. The number of likely N-dealkylation sites (tertiary alicyclic amines) is 1. The summed E-state index contributed by atoms with van der Waals surface area (Å²) in [6, 6.07) is 5.98. The van der Waals surface area contributed by atoms with Gasteiger partial charge >= 0.3 is 0 Å². The van der Waals surface area contributed by atoms with E-state index in [4.69, 9.17) is 10.3 Å². The van der Waals surface area contributed by atoms with E-state index in [0.717, 1.165) is 50.6 Å². The number of aromatic nitrogens is 1. The third-order valence-corrected chi connectivity index (χ3v) is 12.1. The molecule has 0 aliphatic carbocycles. The van der Waals surface area contributed by atoms with Crippen molar-refractivity contribution in [2.24, 2.45) is 22.9 Å². The van der Waals surface area contributed by atoms with Gasteiger partial charge in [-0.15, -0.1) is 11.3 Å². The number of hydrogen-bond donors (Lipinski definition) is 4. The highest BCUT2D eigenvalue weighted by Crippen LogP contribution is 2.29. The van der Waals surface area contributed by atoms with Crippen molar-refractivity contribution in [1.82, 2.24) is 25.4 Å². The minimum absolute atomic E-state index is 0.00865. The molecular weight excluding hydrogens is 757 g/mol. The molecule has 1 saturated heterocycles. The number of carbonyl (C=O) groups is 3. The van der Waals surface area contributed by atoms with Crippen molar-refractivity contribution in [3.8, 4) is 5.75 Å². The Morgan fingerprint density at radius 1 is 1.12 bits per heavy atom. The molecule has 7 atom stereocenters. The number of likely N-dealkylation sites (N-methyl/N-ethyl adjacent to an activating group) is 1.